The largest absolute Gasteiger partial charge is 0.475 e. The van der Waals surface area contributed by atoms with Crippen molar-refractivity contribution in [2.24, 2.45) is 5.73 Å². The van der Waals surface area contributed by atoms with Crippen molar-refractivity contribution in [3.8, 4) is 0 Å². The molecule has 1 rings (SSSR count). The second kappa shape index (κ2) is 5.71. The number of aromatic carboxylic acids is 1. The van der Waals surface area contributed by atoms with E-state index in [1.54, 1.807) is 0 Å². The number of primary amides is 1. The lowest BCUT2D eigenvalue weighted by Gasteiger charge is -2.11. The van der Waals surface area contributed by atoms with Crippen molar-refractivity contribution in [1.82, 2.24) is 10.6 Å². The summed E-state index contributed by atoms with van der Waals surface area (Å²) in [6, 6.07) is 1.14. The third kappa shape index (κ3) is 3.81. The number of nitrogens with two attached hydrogens (primary N) is 1. The van der Waals surface area contributed by atoms with Gasteiger partial charge in [0.1, 0.15) is 11.8 Å². The molecule has 0 spiro atoms. The fourth-order valence-corrected chi connectivity index (χ4v) is 1.19. The van der Waals surface area contributed by atoms with Crippen molar-refractivity contribution in [3.05, 3.63) is 23.7 Å². The molecule has 0 aliphatic heterocycles. The van der Waals surface area contributed by atoms with Crippen LogP contribution in [0.1, 0.15) is 23.2 Å². The lowest BCUT2D eigenvalue weighted by molar-refractivity contribution is -0.122. The first-order chi connectivity index (χ1) is 8.40. The van der Waals surface area contributed by atoms with Crippen molar-refractivity contribution in [2.45, 2.75) is 19.5 Å². The van der Waals surface area contributed by atoms with E-state index in [0.717, 1.165) is 0 Å². The Bertz CT molecular complexity index is 468. The SMILES string of the molecule is CC(NC(N)=O)C(=O)NCc1ccc(C(=O)O)o1. The molecular weight excluding hydrogens is 242 g/mol. The Labute approximate surface area is 102 Å². The smallest absolute Gasteiger partial charge is 0.371 e. The van der Waals surface area contributed by atoms with E-state index in [9.17, 15) is 14.4 Å². The van der Waals surface area contributed by atoms with Crippen LogP contribution in [0.2, 0.25) is 0 Å². The Balaban J connectivity index is 2.46. The number of nitrogens with one attached hydrogen (secondary N) is 2. The predicted octanol–water partition coefficient (Wildman–Crippen LogP) is -0.349. The highest BCUT2D eigenvalue weighted by atomic mass is 16.4. The molecule has 1 aromatic heterocycles. The third-order valence-electron chi connectivity index (χ3n) is 2.06. The minimum Gasteiger partial charge on any atom is -0.475 e. The van der Waals surface area contributed by atoms with Gasteiger partial charge in [-0.2, -0.15) is 0 Å². The van der Waals surface area contributed by atoms with Crippen molar-refractivity contribution >= 4 is 17.9 Å². The summed E-state index contributed by atoms with van der Waals surface area (Å²) in [7, 11) is 0. The molecule has 0 saturated heterocycles. The second-order valence-corrected chi connectivity index (χ2v) is 3.52. The van der Waals surface area contributed by atoms with Gasteiger partial charge in [0, 0.05) is 0 Å². The monoisotopic (exact) mass is 255 g/mol. The van der Waals surface area contributed by atoms with Crippen molar-refractivity contribution in [2.75, 3.05) is 0 Å². The minimum absolute atomic E-state index is 0.0247. The number of hydrogen-bond acceptors (Lipinski definition) is 4. The summed E-state index contributed by atoms with van der Waals surface area (Å²) in [4.78, 5) is 32.5. The predicted molar refractivity (Wildman–Crippen MR) is 59.7 cm³/mol. The normalized spacial score (nSPS) is 11.6. The number of carboxylic acid groups (broad SMARTS) is 1. The summed E-state index contributed by atoms with van der Waals surface area (Å²) in [5.74, 6) is -1.55. The van der Waals surface area contributed by atoms with Crippen LogP contribution in [-0.2, 0) is 11.3 Å². The van der Waals surface area contributed by atoms with Gasteiger partial charge in [0.2, 0.25) is 11.7 Å². The van der Waals surface area contributed by atoms with Gasteiger partial charge in [-0.05, 0) is 19.1 Å². The van der Waals surface area contributed by atoms with Gasteiger partial charge in [0.15, 0.2) is 0 Å². The van der Waals surface area contributed by atoms with E-state index < -0.39 is 23.9 Å². The Morgan fingerprint density at radius 2 is 2.11 bits per heavy atom. The average molecular weight is 255 g/mol. The Hall–Kier alpha value is -2.51. The molecule has 1 heterocycles. The zero-order valence-electron chi connectivity index (χ0n) is 9.60. The molecule has 1 atom stereocenters. The maximum atomic E-state index is 11.5. The molecular formula is C10H13N3O5. The van der Waals surface area contributed by atoms with Crippen LogP contribution >= 0.6 is 0 Å². The van der Waals surface area contributed by atoms with E-state index >= 15 is 0 Å². The number of carbonyl (C=O) groups excluding carboxylic acids is 2. The van der Waals surface area contributed by atoms with Crippen molar-refractivity contribution in [3.63, 3.8) is 0 Å². The fourth-order valence-electron chi connectivity index (χ4n) is 1.19. The molecule has 0 saturated carbocycles. The Morgan fingerprint density at radius 1 is 1.44 bits per heavy atom. The van der Waals surface area contributed by atoms with E-state index in [-0.39, 0.29) is 12.3 Å². The van der Waals surface area contributed by atoms with Crippen LogP contribution in [0.25, 0.3) is 0 Å². The molecule has 3 amide bonds. The first kappa shape index (κ1) is 13.6. The van der Waals surface area contributed by atoms with E-state index in [2.05, 4.69) is 10.6 Å². The average Bonchev–Trinajstić information content (AvgIpc) is 2.73. The molecule has 0 bridgehead atoms. The molecule has 5 N–H and O–H groups in total. The molecule has 8 nitrogen and oxygen atoms in total. The van der Waals surface area contributed by atoms with Crippen LogP contribution in [0.15, 0.2) is 16.5 Å². The van der Waals surface area contributed by atoms with Gasteiger partial charge in [-0.25, -0.2) is 9.59 Å². The van der Waals surface area contributed by atoms with Crippen LogP contribution in [0.4, 0.5) is 4.79 Å². The van der Waals surface area contributed by atoms with Gasteiger partial charge < -0.3 is 25.9 Å². The summed E-state index contributed by atoms with van der Waals surface area (Å²) < 4.78 is 4.93. The highest BCUT2D eigenvalue weighted by molar-refractivity contribution is 5.86. The summed E-state index contributed by atoms with van der Waals surface area (Å²) in [6.45, 7) is 1.49. The molecule has 8 heteroatoms. The maximum absolute atomic E-state index is 11.5. The van der Waals surface area contributed by atoms with E-state index in [0.29, 0.717) is 5.76 Å². The van der Waals surface area contributed by atoms with Crippen LogP contribution in [0, 0.1) is 0 Å². The zero-order valence-corrected chi connectivity index (χ0v) is 9.60. The molecule has 0 radical (unpaired) electrons. The molecule has 1 unspecified atom stereocenters. The van der Waals surface area contributed by atoms with Gasteiger partial charge in [-0.1, -0.05) is 0 Å². The number of rotatable bonds is 5. The first-order valence-electron chi connectivity index (χ1n) is 5.06. The molecule has 0 fully saturated rings. The highest BCUT2D eigenvalue weighted by Crippen LogP contribution is 2.07. The van der Waals surface area contributed by atoms with Crippen LogP contribution in [0.5, 0.6) is 0 Å². The Kier molecular flexibility index (Phi) is 4.30. The van der Waals surface area contributed by atoms with E-state index in [1.165, 1.54) is 19.1 Å². The molecule has 0 aliphatic carbocycles. The van der Waals surface area contributed by atoms with Gasteiger partial charge in [-0.15, -0.1) is 0 Å². The summed E-state index contributed by atoms with van der Waals surface area (Å²) in [5, 5.41) is 13.3. The van der Waals surface area contributed by atoms with Crippen molar-refractivity contribution in [1.29, 1.82) is 0 Å². The minimum atomic E-state index is -1.18. The van der Waals surface area contributed by atoms with Crippen molar-refractivity contribution < 1.29 is 23.9 Å². The van der Waals surface area contributed by atoms with Crippen LogP contribution in [-0.4, -0.2) is 29.1 Å². The summed E-state index contributed by atoms with van der Waals surface area (Å²) >= 11 is 0. The lowest BCUT2D eigenvalue weighted by atomic mass is 10.3. The van der Waals surface area contributed by atoms with E-state index in [4.69, 9.17) is 15.3 Å². The zero-order chi connectivity index (χ0) is 13.7. The number of furan rings is 1. The quantitative estimate of drug-likeness (QED) is 0.570. The number of carboxylic acids is 1. The van der Waals surface area contributed by atoms with Gasteiger partial charge in [0.05, 0.1) is 6.54 Å². The summed E-state index contributed by atoms with van der Waals surface area (Å²) in [5.41, 5.74) is 4.86. The molecule has 0 aromatic carbocycles. The molecule has 18 heavy (non-hydrogen) atoms. The fraction of sp³-hybridized carbons (Fsp3) is 0.300. The molecule has 98 valence electrons. The molecule has 0 aliphatic rings. The third-order valence-corrected chi connectivity index (χ3v) is 2.06. The second-order valence-electron chi connectivity index (χ2n) is 3.52. The number of carbonyl (C=O) groups is 3. The lowest BCUT2D eigenvalue weighted by Crippen LogP contribution is -2.46. The first-order valence-corrected chi connectivity index (χ1v) is 5.06. The number of urea groups is 1. The van der Waals surface area contributed by atoms with Gasteiger partial charge in [-0.3, -0.25) is 4.79 Å². The van der Waals surface area contributed by atoms with Crippen LogP contribution in [0.3, 0.4) is 0 Å². The van der Waals surface area contributed by atoms with Gasteiger partial charge in [0.25, 0.3) is 0 Å². The Morgan fingerprint density at radius 3 is 2.61 bits per heavy atom. The number of hydrogen-bond donors (Lipinski definition) is 4. The van der Waals surface area contributed by atoms with Crippen LogP contribution < -0.4 is 16.4 Å². The number of amides is 3. The molecule has 1 aromatic rings. The van der Waals surface area contributed by atoms with Gasteiger partial charge >= 0.3 is 12.0 Å². The topological polar surface area (TPSA) is 135 Å². The maximum Gasteiger partial charge on any atom is 0.371 e. The van der Waals surface area contributed by atoms with E-state index in [1.807, 2.05) is 0 Å². The standard InChI is InChI=1S/C10H13N3O5/c1-5(13-10(11)17)8(14)12-4-6-2-3-7(18-6)9(15)16/h2-3,5H,4H2,1H3,(H,12,14)(H,15,16)(H3,11,13,17). The summed E-state index contributed by atoms with van der Waals surface area (Å²) in [6.07, 6.45) is 0. The highest BCUT2D eigenvalue weighted by Gasteiger charge is 2.15.